The second-order valence-electron chi connectivity index (χ2n) is 7.25. The summed E-state index contributed by atoms with van der Waals surface area (Å²) >= 11 is 0. The fourth-order valence-corrected chi connectivity index (χ4v) is 3.36. The van der Waals surface area contributed by atoms with Gasteiger partial charge in [-0.3, -0.25) is 4.79 Å². The molecule has 2 aliphatic rings. The zero-order valence-electron chi connectivity index (χ0n) is 15.9. The summed E-state index contributed by atoms with van der Waals surface area (Å²) in [6.07, 6.45) is 8.22. The minimum absolute atomic E-state index is 0. The summed E-state index contributed by atoms with van der Waals surface area (Å²) in [5.74, 6) is 1.69. The number of carbonyl (C=O) groups is 1. The third kappa shape index (κ3) is 8.11. The number of guanidine groups is 1. The molecule has 0 radical (unpaired) electrons. The molecule has 7 heteroatoms. The Hall–Kier alpha value is -0.570. The summed E-state index contributed by atoms with van der Waals surface area (Å²) in [5.41, 5.74) is 0. The van der Waals surface area contributed by atoms with Gasteiger partial charge in [-0.2, -0.15) is 0 Å². The molecule has 0 aromatic heterocycles. The van der Waals surface area contributed by atoms with Crippen LogP contribution in [0.4, 0.5) is 0 Å². The van der Waals surface area contributed by atoms with Crippen molar-refractivity contribution in [2.24, 2.45) is 10.9 Å². The van der Waals surface area contributed by atoms with Crippen molar-refractivity contribution in [1.82, 2.24) is 15.5 Å². The van der Waals surface area contributed by atoms with Gasteiger partial charge in [-0.1, -0.05) is 13.3 Å². The highest BCUT2D eigenvalue weighted by molar-refractivity contribution is 14.0. The Kier molecular flexibility index (Phi) is 10.7. The van der Waals surface area contributed by atoms with Crippen molar-refractivity contribution in [1.29, 1.82) is 0 Å². The Morgan fingerprint density at radius 1 is 1.04 bits per heavy atom. The van der Waals surface area contributed by atoms with Crippen molar-refractivity contribution in [2.45, 2.75) is 64.0 Å². The van der Waals surface area contributed by atoms with Crippen LogP contribution < -0.4 is 10.6 Å². The number of nitrogens with zero attached hydrogens (tertiary/aromatic N) is 2. The van der Waals surface area contributed by atoms with Crippen molar-refractivity contribution < 1.29 is 9.53 Å². The molecule has 1 heterocycles. The molecule has 2 N–H and O–H groups in total. The van der Waals surface area contributed by atoms with Gasteiger partial charge in [-0.15, -0.1) is 24.0 Å². The summed E-state index contributed by atoms with van der Waals surface area (Å²) in [7, 11) is 3.53. The Morgan fingerprint density at radius 2 is 1.60 bits per heavy atom. The molecule has 0 aromatic carbocycles. The minimum Gasteiger partial charge on any atom is -0.381 e. The molecule has 1 aliphatic carbocycles. The van der Waals surface area contributed by atoms with Crippen LogP contribution in [0.25, 0.3) is 0 Å². The number of rotatable bonds is 5. The average molecular weight is 466 g/mol. The minimum atomic E-state index is 0. The van der Waals surface area contributed by atoms with Crippen molar-refractivity contribution >= 4 is 35.8 Å². The summed E-state index contributed by atoms with van der Waals surface area (Å²) < 4.78 is 5.42. The first-order valence-electron chi connectivity index (χ1n) is 9.44. The quantitative estimate of drug-likeness (QED) is 0.371. The van der Waals surface area contributed by atoms with Crippen LogP contribution >= 0.6 is 24.0 Å². The molecule has 0 spiro atoms. The van der Waals surface area contributed by atoms with Crippen LogP contribution in [0, 0.1) is 5.92 Å². The number of likely N-dealkylation sites (N-methyl/N-ethyl adjacent to an activating group) is 1. The van der Waals surface area contributed by atoms with Gasteiger partial charge in [-0.05, 0) is 44.4 Å². The maximum Gasteiger partial charge on any atom is 0.243 e. The van der Waals surface area contributed by atoms with Crippen molar-refractivity contribution in [3.63, 3.8) is 0 Å². The Bertz CT molecular complexity index is 417. The van der Waals surface area contributed by atoms with Crippen LogP contribution in [0.3, 0.4) is 0 Å². The van der Waals surface area contributed by atoms with E-state index >= 15 is 0 Å². The Labute approximate surface area is 169 Å². The van der Waals surface area contributed by atoms with E-state index in [0.717, 1.165) is 37.9 Å². The molecule has 2 fully saturated rings. The second-order valence-corrected chi connectivity index (χ2v) is 7.25. The highest BCUT2D eigenvalue weighted by Gasteiger charge is 2.22. The highest BCUT2D eigenvalue weighted by Crippen LogP contribution is 2.26. The summed E-state index contributed by atoms with van der Waals surface area (Å²) in [6, 6.07) is 0.847. The smallest absolute Gasteiger partial charge is 0.243 e. The zero-order chi connectivity index (χ0) is 17.4. The van der Waals surface area contributed by atoms with E-state index in [1.165, 1.54) is 32.1 Å². The van der Waals surface area contributed by atoms with Gasteiger partial charge in [0.1, 0.15) is 6.54 Å². The molecular formula is C18H35IN4O2. The van der Waals surface area contributed by atoms with Crippen LogP contribution in [0.5, 0.6) is 0 Å². The molecule has 0 aromatic rings. The number of aliphatic imine (C=N–C) groups is 1. The first kappa shape index (κ1) is 22.5. The molecule has 1 saturated heterocycles. The lowest BCUT2D eigenvalue weighted by molar-refractivity contribution is -0.127. The van der Waals surface area contributed by atoms with Gasteiger partial charge in [-0.25, -0.2) is 4.99 Å². The van der Waals surface area contributed by atoms with Gasteiger partial charge in [0.2, 0.25) is 5.91 Å². The average Bonchev–Trinajstić information content (AvgIpc) is 2.60. The Balaban J connectivity index is 0.00000312. The summed E-state index contributed by atoms with van der Waals surface area (Å²) in [4.78, 5) is 18.0. The summed E-state index contributed by atoms with van der Waals surface area (Å²) in [6.45, 7) is 4.06. The Morgan fingerprint density at radius 3 is 2.12 bits per heavy atom. The molecule has 1 aliphatic heterocycles. The third-order valence-corrected chi connectivity index (χ3v) is 5.20. The van der Waals surface area contributed by atoms with Crippen molar-refractivity contribution in [2.75, 3.05) is 33.9 Å². The predicted molar refractivity (Wildman–Crippen MR) is 113 cm³/mol. The van der Waals surface area contributed by atoms with Gasteiger partial charge in [0.05, 0.1) is 0 Å². The molecule has 1 amide bonds. The zero-order valence-corrected chi connectivity index (χ0v) is 18.3. The maximum atomic E-state index is 11.9. The molecular weight excluding hydrogens is 431 g/mol. The number of nitrogens with one attached hydrogen (secondary N) is 2. The standard InChI is InChI=1S/C18H34N4O2.HI/c1-4-14-5-7-15(8-6-14)20-18(19-13-17(23)22(2)3)21-16-9-11-24-12-10-16;/h14-16H,4-13H2,1-3H3,(H2,19,20,21);1H. The fourth-order valence-electron chi connectivity index (χ4n) is 3.36. The number of hydrogen-bond acceptors (Lipinski definition) is 3. The normalized spacial score (nSPS) is 25.0. The second kappa shape index (κ2) is 11.9. The van der Waals surface area contributed by atoms with Gasteiger partial charge in [0, 0.05) is 39.4 Å². The highest BCUT2D eigenvalue weighted by atomic mass is 127. The lowest BCUT2D eigenvalue weighted by Crippen LogP contribution is -2.50. The van der Waals surface area contributed by atoms with E-state index in [1.807, 2.05) is 0 Å². The van der Waals surface area contributed by atoms with Crippen LogP contribution in [0.1, 0.15) is 51.9 Å². The van der Waals surface area contributed by atoms with Crippen LogP contribution in [0.15, 0.2) is 4.99 Å². The van der Waals surface area contributed by atoms with E-state index in [9.17, 15) is 4.79 Å². The number of hydrogen-bond donors (Lipinski definition) is 2. The van der Waals surface area contributed by atoms with E-state index < -0.39 is 0 Å². The number of ether oxygens (including phenoxy) is 1. The first-order chi connectivity index (χ1) is 11.6. The molecule has 0 atom stereocenters. The number of halogens is 1. The van der Waals surface area contributed by atoms with E-state index in [1.54, 1.807) is 19.0 Å². The molecule has 6 nitrogen and oxygen atoms in total. The van der Waals surface area contributed by atoms with Crippen molar-refractivity contribution in [3.05, 3.63) is 0 Å². The van der Waals surface area contributed by atoms with Crippen LogP contribution in [0.2, 0.25) is 0 Å². The largest absolute Gasteiger partial charge is 0.381 e. The number of amides is 1. The van der Waals surface area contributed by atoms with Crippen LogP contribution in [-0.2, 0) is 9.53 Å². The lowest BCUT2D eigenvalue weighted by Gasteiger charge is -2.31. The topological polar surface area (TPSA) is 66.0 Å². The fraction of sp³-hybridized carbons (Fsp3) is 0.889. The monoisotopic (exact) mass is 466 g/mol. The molecule has 2 rings (SSSR count). The van der Waals surface area contributed by atoms with E-state index in [4.69, 9.17) is 4.74 Å². The predicted octanol–water partition coefficient (Wildman–Crippen LogP) is 2.38. The van der Waals surface area contributed by atoms with Gasteiger partial charge in [0.25, 0.3) is 0 Å². The van der Waals surface area contributed by atoms with E-state index in [2.05, 4.69) is 22.5 Å². The van der Waals surface area contributed by atoms with Crippen LogP contribution in [-0.4, -0.2) is 62.7 Å². The molecule has 1 saturated carbocycles. The van der Waals surface area contributed by atoms with Gasteiger partial charge in [0.15, 0.2) is 5.96 Å². The SMILES string of the molecule is CCC1CCC(NC(=NCC(=O)N(C)C)NC2CCOCC2)CC1.I. The molecule has 0 unspecified atom stereocenters. The van der Waals surface area contributed by atoms with E-state index in [0.29, 0.717) is 12.1 Å². The molecule has 0 bridgehead atoms. The maximum absolute atomic E-state index is 11.9. The van der Waals surface area contributed by atoms with Gasteiger partial charge >= 0.3 is 0 Å². The van der Waals surface area contributed by atoms with E-state index in [-0.39, 0.29) is 36.4 Å². The molecule has 25 heavy (non-hydrogen) atoms. The van der Waals surface area contributed by atoms with Crippen molar-refractivity contribution in [3.8, 4) is 0 Å². The summed E-state index contributed by atoms with van der Waals surface area (Å²) in [5, 5.41) is 7.08. The van der Waals surface area contributed by atoms with Gasteiger partial charge < -0.3 is 20.3 Å². The lowest BCUT2D eigenvalue weighted by atomic mass is 9.84. The number of carbonyl (C=O) groups excluding carboxylic acids is 1. The molecule has 146 valence electrons. The third-order valence-electron chi connectivity index (χ3n) is 5.20. The first-order valence-corrected chi connectivity index (χ1v) is 9.44.